The summed E-state index contributed by atoms with van der Waals surface area (Å²) in [4.78, 5) is 7.19. The molecule has 1 aromatic rings. The Balaban J connectivity index is 1.83. The van der Waals surface area contributed by atoms with Crippen molar-refractivity contribution in [3.05, 3.63) is 11.1 Å². The third-order valence-electron chi connectivity index (χ3n) is 3.68. The highest BCUT2D eigenvalue weighted by atomic mass is 32.1. The predicted molar refractivity (Wildman–Crippen MR) is 79.3 cm³/mol. The maximum atomic E-state index is 4.72. The van der Waals surface area contributed by atoms with E-state index in [0.29, 0.717) is 0 Å². The number of rotatable bonds is 6. The van der Waals surface area contributed by atoms with Crippen LogP contribution in [0.2, 0.25) is 0 Å². The summed E-state index contributed by atoms with van der Waals surface area (Å²) in [7, 11) is 0. The summed E-state index contributed by atoms with van der Waals surface area (Å²) >= 11 is 1.80. The van der Waals surface area contributed by atoms with Crippen molar-refractivity contribution in [1.29, 1.82) is 0 Å². The molecule has 1 aliphatic rings. The van der Waals surface area contributed by atoms with Gasteiger partial charge in [-0.25, -0.2) is 4.98 Å². The Morgan fingerprint density at radius 1 is 1.39 bits per heavy atom. The molecular formula is C14H25N3S. The van der Waals surface area contributed by atoms with Crippen molar-refractivity contribution in [3.8, 4) is 0 Å². The number of aromatic nitrogens is 1. The summed E-state index contributed by atoms with van der Waals surface area (Å²) in [6.07, 6.45) is 5.41. The van der Waals surface area contributed by atoms with Gasteiger partial charge in [-0.2, -0.15) is 0 Å². The second kappa shape index (κ2) is 7.10. The summed E-state index contributed by atoms with van der Waals surface area (Å²) in [5.74, 6) is 0.951. The molecule has 1 N–H and O–H groups in total. The molecule has 3 nitrogen and oxygen atoms in total. The highest BCUT2D eigenvalue weighted by molar-refractivity contribution is 7.13. The number of hydrogen-bond donors (Lipinski definition) is 1. The van der Waals surface area contributed by atoms with Crippen molar-refractivity contribution >= 4 is 16.5 Å². The molecular weight excluding hydrogens is 242 g/mol. The van der Waals surface area contributed by atoms with E-state index in [-0.39, 0.29) is 0 Å². The van der Waals surface area contributed by atoms with Gasteiger partial charge in [0.1, 0.15) is 0 Å². The van der Waals surface area contributed by atoms with Crippen LogP contribution in [0, 0.1) is 5.92 Å². The molecule has 18 heavy (non-hydrogen) atoms. The van der Waals surface area contributed by atoms with E-state index in [4.69, 9.17) is 4.98 Å². The number of thiazole rings is 1. The molecule has 4 heteroatoms. The Hall–Kier alpha value is -0.610. The lowest BCUT2D eigenvalue weighted by Gasteiger charge is -2.31. The minimum atomic E-state index is 0.902. The van der Waals surface area contributed by atoms with Crippen molar-refractivity contribution in [3.63, 3.8) is 0 Å². The zero-order valence-electron chi connectivity index (χ0n) is 11.6. The quantitative estimate of drug-likeness (QED) is 0.857. The van der Waals surface area contributed by atoms with Gasteiger partial charge in [0.25, 0.3) is 0 Å². The van der Waals surface area contributed by atoms with E-state index < -0.39 is 0 Å². The Kier molecular flexibility index (Phi) is 5.45. The van der Waals surface area contributed by atoms with Crippen LogP contribution in [0.3, 0.4) is 0 Å². The second-order valence-corrected chi connectivity index (χ2v) is 5.96. The zero-order valence-corrected chi connectivity index (χ0v) is 12.4. The molecule has 102 valence electrons. The minimum Gasteiger partial charge on any atom is -0.348 e. The van der Waals surface area contributed by atoms with Gasteiger partial charge in [-0.15, -0.1) is 11.3 Å². The maximum Gasteiger partial charge on any atom is 0.185 e. The predicted octanol–water partition coefficient (Wildman–Crippen LogP) is 3.27. The van der Waals surface area contributed by atoms with Crippen LogP contribution in [0.1, 0.15) is 45.2 Å². The molecule has 0 aromatic carbocycles. The standard InChI is InChI=1S/C14H25N3S/c1-3-5-12-6-8-17(9-7-12)14-16-13(11-18-14)10-15-4-2/h11-12,15H,3-10H2,1-2H3. The fourth-order valence-corrected chi connectivity index (χ4v) is 3.48. The number of hydrogen-bond acceptors (Lipinski definition) is 4. The van der Waals surface area contributed by atoms with Crippen molar-refractivity contribution in [2.24, 2.45) is 5.92 Å². The lowest BCUT2D eigenvalue weighted by molar-refractivity contribution is 0.378. The van der Waals surface area contributed by atoms with E-state index in [1.807, 2.05) is 0 Å². The number of nitrogens with zero attached hydrogens (tertiary/aromatic N) is 2. The summed E-state index contributed by atoms with van der Waals surface area (Å²) in [6, 6.07) is 0. The normalized spacial score (nSPS) is 17.3. The van der Waals surface area contributed by atoms with Gasteiger partial charge in [0, 0.05) is 25.0 Å². The van der Waals surface area contributed by atoms with Gasteiger partial charge in [0.05, 0.1) is 5.69 Å². The van der Waals surface area contributed by atoms with Gasteiger partial charge in [0.15, 0.2) is 5.13 Å². The van der Waals surface area contributed by atoms with E-state index in [0.717, 1.165) is 19.0 Å². The molecule has 0 amide bonds. The smallest absolute Gasteiger partial charge is 0.185 e. The van der Waals surface area contributed by atoms with Crippen LogP contribution in [-0.4, -0.2) is 24.6 Å². The molecule has 1 fully saturated rings. The van der Waals surface area contributed by atoms with E-state index in [1.54, 1.807) is 11.3 Å². The van der Waals surface area contributed by atoms with Gasteiger partial charge >= 0.3 is 0 Å². The van der Waals surface area contributed by atoms with Crippen molar-refractivity contribution in [1.82, 2.24) is 10.3 Å². The second-order valence-electron chi connectivity index (χ2n) is 5.12. The summed E-state index contributed by atoms with van der Waals surface area (Å²) in [5.41, 5.74) is 1.19. The first-order valence-corrected chi connectivity index (χ1v) is 8.11. The molecule has 0 bridgehead atoms. The highest BCUT2D eigenvalue weighted by Gasteiger charge is 2.20. The molecule has 1 aliphatic heterocycles. The first-order valence-electron chi connectivity index (χ1n) is 7.23. The number of piperidine rings is 1. The lowest BCUT2D eigenvalue weighted by atomic mass is 9.93. The molecule has 0 aliphatic carbocycles. The minimum absolute atomic E-state index is 0.902. The van der Waals surface area contributed by atoms with Crippen LogP contribution < -0.4 is 10.2 Å². The first-order chi connectivity index (χ1) is 8.83. The number of anilines is 1. The van der Waals surface area contributed by atoms with E-state index in [2.05, 4.69) is 29.4 Å². The van der Waals surface area contributed by atoms with Crippen LogP contribution in [0.15, 0.2) is 5.38 Å². The average molecular weight is 267 g/mol. The monoisotopic (exact) mass is 267 g/mol. The molecule has 0 atom stereocenters. The summed E-state index contributed by atoms with van der Waals surface area (Å²) < 4.78 is 0. The van der Waals surface area contributed by atoms with E-state index in [9.17, 15) is 0 Å². The summed E-state index contributed by atoms with van der Waals surface area (Å²) in [6.45, 7) is 8.72. The van der Waals surface area contributed by atoms with Crippen LogP contribution >= 0.6 is 11.3 Å². The molecule has 0 spiro atoms. The Labute approximate surface area is 115 Å². The Bertz CT molecular complexity index is 343. The van der Waals surface area contributed by atoms with Gasteiger partial charge in [-0.05, 0) is 25.3 Å². The van der Waals surface area contributed by atoms with E-state index >= 15 is 0 Å². The molecule has 2 heterocycles. The third kappa shape index (κ3) is 3.69. The van der Waals surface area contributed by atoms with E-state index in [1.165, 1.54) is 49.6 Å². The van der Waals surface area contributed by atoms with Gasteiger partial charge < -0.3 is 10.2 Å². The number of nitrogens with one attached hydrogen (secondary N) is 1. The van der Waals surface area contributed by atoms with Gasteiger partial charge in [-0.1, -0.05) is 26.7 Å². The molecule has 0 saturated carbocycles. The fourth-order valence-electron chi connectivity index (χ4n) is 2.60. The third-order valence-corrected chi connectivity index (χ3v) is 4.63. The average Bonchev–Trinajstić information content (AvgIpc) is 2.86. The largest absolute Gasteiger partial charge is 0.348 e. The topological polar surface area (TPSA) is 28.2 Å². The van der Waals surface area contributed by atoms with Crippen molar-refractivity contribution < 1.29 is 0 Å². The van der Waals surface area contributed by atoms with Gasteiger partial charge in [-0.3, -0.25) is 0 Å². The summed E-state index contributed by atoms with van der Waals surface area (Å²) in [5, 5.41) is 6.74. The maximum absolute atomic E-state index is 4.72. The highest BCUT2D eigenvalue weighted by Crippen LogP contribution is 2.28. The van der Waals surface area contributed by atoms with Crippen LogP contribution in [0.25, 0.3) is 0 Å². The van der Waals surface area contributed by atoms with Crippen molar-refractivity contribution in [2.45, 2.75) is 46.1 Å². The van der Waals surface area contributed by atoms with Crippen LogP contribution in [0.4, 0.5) is 5.13 Å². The molecule has 2 rings (SSSR count). The Morgan fingerprint density at radius 3 is 2.83 bits per heavy atom. The van der Waals surface area contributed by atoms with Crippen LogP contribution in [-0.2, 0) is 6.54 Å². The molecule has 1 saturated heterocycles. The molecule has 0 unspecified atom stereocenters. The fraction of sp³-hybridized carbons (Fsp3) is 0.786. The molecule has 0 radical (unpaired) electrons. The Morgan fingerprint density at radius 2 is 2.17 bits per heavy atom. The lowest BCUT2D eigenvalue weighted by Crippen LogP contribution is -2.33. The zero-order chi connectivity index (χ0) is 12.8. The van der Waals surface area contributed by atoms with Gasteiger partial charge in [0.2, 0.25) is 0 Å². The first kappa shape index (κ1) is 13.8. The molecule has 1 aromatic heterocycles. The SMILES string of the molecule is CCCC1CCN(c2nc(CNCC)cs2)CC1. The van der Waals surface area contributed by atoms with Crippen molar-refractivity contribution in [2.75, 3.05) is 24.5 Å². The van der Waals surface area contributed by atoms with Crippen LogP contribution in [0.5, 0.6) is 0 Å².